The van der Waals surface area contributed by atoms with Crippen molar-refractivity contribution in [3.63, 3.8) is 0 Å². The SMILES string of the molecule is CCc1cccc2c1N(CC)C(=O)C2=O. The number of rotatable bonds is 2. The molecule has 0 bridgehead atoms. The Morgan fingerprint density at radius 2 is 1.93 bits per heavy atom. The standard InChI is InChI=1S/C12H13NO2/c1-3-8-6-5-7-9-10(8)13(4-2)12(15)11(9)14/h5-7H,3-4H2,1-2H3. The number of hydrogen-bond donors (Lipinski definition) is 0. The van der Waals surface area contributed by atoms with E-state index in [1.54, 1.807) is 11.0 Å². The van der Waals surface area contributed by atoms with Gasteiger partial charge in [-0.2, -0.15) is 0 Å². The highest BCUT2D eigenvalue weighted by atomic mass is 16.2. The van der Waals surface area contributed by atoms with E-state index in [0.717, 1.165) is 17.7 Å². The smallest absolute Gasteiger partial charge is 0.299 e. The van der Waals surface area contributed by atoms with Gasteiger partial charge < -0.3 is 4.90 Å². The molecule has 1 aromatic carbocycles. The largest absolute Gasteiger partial charge is 0.305 e. The van der Waals surface area contributed by atoms with Gasteiger partial charge in [0, 0.05) is 6.54 Å². The van der Waals surface area contributed by atoms with E-state index >= 15 is 0 Å². The summed E-state index contributed by atoms with van der Waals surface area (Å²) in [5.74, 6) is -0.768. The van der Waals surface area contributed by atoms with Crippen molar-refractivity contribution in [2.24, 2.45) is 0 Å². The van der Waals surface area contributed by atoms with Crippen molar-refractivity contribution >= 4 is 17.4 Å². The summed E-state index contributed by atoms with van der Waals surface area (Å²) in [6.07, 6.45) is 0.834. The average Bonchev–Trinajstić information content (AvgIpc) is 2.52. The molecule has 0 atom stereocenters. The van der Waals surface area contributed by atoms with Crippen LogP contribution in [0.2, 0.25) is 0 Å². The molecule has 0 fully saturated rings. The Morgan fingerprint density at radius 1 is 1.20 bits per heavy atom. The maximum absolute atomic E-state index is 11.6. The lowest BCUT2D eigenvalue weighted by Gasteiger charge is -2.16. The van der Waals surface area contributed by atoms with E-state index in [-0.39, 0.29) is 5.78 Å². The molecule has 0 saturated heterocycles. The number of Topliss-reactive ketones (excluding diaryl/α,β-unsaturated/α-hetero) is 1. The zero-order valence-electron chi connectivity index (χ0n) is 8.91. The number of para-hydroxylation sites is 1. The molecule has 0 radical (unpaired) electrons. The molecule has 1 heterocycles. The summed E-state index contributed by atoms with van der Waals surface area (Å²) in [5.41, 5.74) is 2.44. The molecule has 1 aliphatic rings. The molecule has 1 amide bonds. The Morgan fingerprint density at radius 3 is 2.53 bits per heavy atom. The minimum atomic E-state index is -0.395. The average molecular weight is 203 g/mol. The van der Waals surface area contributed by atoms with Gasteiger partial charge in [0.2, 0.25) is 0 Å². The maximum atomic E-state index is 11.6. The van der Waals surface area contributed by atoms with Crippen LogP contribution in [0.1, 0.15) is 29.8 Å². The second kappa shape index (κ2) is 3.50. The molecule has 0 aliphatic carbocycles. The molecule has 1 aliphatic heterocycles. The Balaban J connectivity index is 2.65. The molecule has 15 heavy (non-hydrogen) atoms. The molecule has 0 N–H and O–H groups in total. The van der Waals surface area contributed by atoms with Gasteiger partial charge in [0.15, 0.2) is 0 Å². The molecule has 0 spiro atoms. The molecule has 3 nitrogen and oxygen atoms in total. The molecular formula is C12H13NO2. The fourth-order valence-electron chi connectivity index (χ4n) is 2.02. The van der Waals surface area contributed by atoms with Crippen LogP contribution in [0.4, 0.5) is 5.69 Å². The highest BCUT2D eigenvalue weighted by Gasteiger charge is 2.35. The number of likely N-dealkylation sites (N-methyl/N-ethyl adjacent to an activating group) is 1. The summed E-state index contributed by atoms with van der Waals surface area (Å²) < 4.78 is 0. The van der Waals surface area contributed by atoms with Crippen LogP contribution in [0, 0.1) is 0 Å². The zero-order valence-corrected chi connectivity index (χ0v) is 8.91. The van der Waals surface area contributed by atoms with Crippen molar-refractivity contribution in [1.82, 2.24) is 0 Å². The number of anilines is 1. The third-order valence-electron chi connectivity index (χ3n) is 2.77. The van der Waals surface area contributed by atoms with Crippen LogP contribution in [0.3, 0.4) is 0 Å². The highest BCUT2D eigenvalue weighted by Crippen LogP contribution is 2.32. The Hall–Kier alpha value is -1.64. The molecule has 2 rings (SSSR count). The highest BCUT2D eigenvalue weighted by molar-refractivity contribution is 6.52. The first-order chi connectivity index (χ1) is 7.20. The predicted octanol–water partition coefficient (Wildman–Crippen LogP) is 1.80. The van der Waals surface area contributed by atoms with E-state index in [4.69, 9.17) is 0 Å². The molecular weight excluding hydrogens is 190 g/mol. The van der Waals surface area contributed by atoms with Gasteiger partial charge >= 0.3 is 0 Å². The number of carbonyl (C=O) groups is 2. The lowest BCUT2D eigenvalue weighted by atomic mass is 10.0. The number of aryl methyl sites for hydroxylation is 1. The van der Waals surface area contributed by atoms with Crippen LogP contribution in [0.25, 0.3) is 0 Å². The second-order valence-electron chi connectivity index (χ2n) is 3.55. The fourth-order valence-corrected chi connectivity index (χ4v) is 2.02. The number of fused-ring (bicyclic) bond motifs is 1. The number of nitrogens with zero attached hydrogens (tertiary/aromatic N) is 1. The van der Waals surface area contributed by atoms with Gasteiger partial charge in [-0.3, -0.25) is 9.59 Å². The minimum Gasteiger partial charge on any atom is -0.305 e. The number of amides is 1. The third-order valence-corrected chi connectivity index (χ3v) is 2.77. The summed E-state index contributed by atoms with van der Waals surface area (Å²) in [6.45, 7) is 4.46. The van der Waals surface area contributed by atoms with Crippen LogP contribution < -0.4 is 4.90 Å². The maximum Gasteiger partial charge on any atom is 0.299 e. The topological polar surface area (TPSA) is 37.4 Å². The first-order valence-corrected chi connectivity index (χ1v) is 5.18. The monoisotopic (exact) mass is 203 g/mol. The van der Waals surface area contributed by atoms with Crippen molar-refractivity contribution in [3.05, 3.63) is 29.3 Å². The van der Waals surface area contributed by atoms with E-state index in [1.165, 1.54) is 0 Å². The predicted molar refractivity (Wildman–Crippen MR) is 58.2 cm³/mol. The molecule has 0 aromatic heterocycles. The van der Waals surface area contributed by atoms with Crippen molar-refractivity contribution in [3.8, 4) is 0 Å². The first kappa shape index (κ1) is 9.90. The van der Waals surface area contributed by atoms with Gasteiger partial charge in [0.05, 0.1) is 11.3 Å². The van der Waals surface area contributed by atoms with E-state index in [9.17, 15) is 9.59 Å². The van der Waals surface area contributed by atoms with Crippen molar-refractivity contribution in [2.75, 3.05) is 11.4 Å². The minimum absolute atomic E-state index is 0.373. The van der Waals surface area contributed by atoms with Crippen molar-refractivity contribution < 1.29 is 9.59 Å². The molecule has 0 saturated carbocycles. The lowest BCUT2D eigenvalue weighted by Crippen LogP contribution is -2.29. The Bertz CT molecular complexity index is 437. The van der Waals surface area contributed by atoms with Gasteiger partial charge in [-0.15, -0.1) is 0 Å². The van der Waals surface area contributed by atoms with Gasteiger partial charge in [-0.25, -0.2) is 0 Å². The number of hydrogen-bond acceptors (Lipinski definition) is 2. The van der Waals surface area contributed by atoms with Gasteiger partial charge in [-0.05, 0) is 25.0 Å². The third kappa shape index (κ3) is 1.27. The van der Waals surface area contributed by atoms with Crippen LogP contribution in [0.5, 0.6) is 0 Å². The number of carbonyl (C=O) groups excluding carboxylic acids is 2. The van der Waals surface area contributed by atoms with Crippen molar-refractivity contribution in [1.29, 1.82) is 0 Å². The summed E-state index contributed by atoms with van der Waals surface area (Å²) in [7, 11) is 0. The summed E-state index contributed by atoms with van der Waals surface area (Å²) in [5, 5.41) is 0. The number of benzene rings is 1. The van der Waals surface area contributed by atoms with Gasteiger partial charge in [0.1, 0.15) is 0 Å². The van der Waals surface area contributed by atoms with E-state index < -0.39 is 5.91 Å². The lowest BCUT2D eigenvalue weighted by molar-refractivity contribution is -0.114. The van der Waals surface area contributed by atoms with Gasteiger partial charge in [-0.1, -0.05) is 19.1 Å². The fraction of sp³-hybridized carbons (Fsp3) is 0.333. The van der Waals surface area contributed by atoms with Crippen LogP contribution in [-0.4, -0.2) is 18.2 Å². The van der Waals surface area contributed by atoms with Crippen molar-refractivity contribution in [2.45, 2.75) is 20.3 Å². The second-order valence-corrected chi connectivity index (χ2v) is 3.55. The normalized spacial score (nSPS) is 14.7. The molecule has 78 valence electrons. The van der Waals surface area contributed by atoms with E-state index in [0.29, 0.717) is 12.1 Å². The summed E-state index contributed by atoms with van der Waals surface area (Å²) in [6, 6.07) is 5.53. The molecule has 3 heteroatoms. The molecule has 0 unspecified atom stereocenters. The van der Waals surface area contributed by atoms with Crippen LogP contribution >= 0.6 is 0 Å². The van der Waals surface area contributed by atoms with E-state index in [1.807, 2.05) is 26.0 Å². The summed E-state index contributed by atoms with van der Waals surface area (Å²) in [4.78, 5) is 24.8. The Labute approximate surface area is 88.7 Å². The number of ketones is 1. The first-order valence-electron chi connectivity index (χ1n) is 5.18. The Kier molecular flexibility index (Phi) is 2.31. The van der Waals surface area contributed by atoms with Gasteiger partial charge in [0.25, 0.3) is 11.7 Å². The quantitative estimate of drug-likeness (QED) is 0.687. The summed E-state index contributed by atoms with van der Waals surface area (Å²) >= 11 is 0. The van der Waals surface area contributed by atoms with Crippen LogP contribution in [0.15, 0.2) is 18.2 Å². The zero-order chi connectivity index (χ0) is 11.0. The van der Waals surface area contributed by atoms with Crippen LogP contribution in [-0.2, 0) is 11.2 Å². The molecule has 1 aromatic rings. The van der Waals surface area contributed by atoms with E-state index in [2.05, 4.69) is 0 Å².